The number of carbonyl (C=O) groups is 1. The minimum atomic E-state index is -1.48. The molecule has 0 bridgehead atoms. The molecule has 0 aliphatic carbocycles. The molecule has 1 fully saturated rings. The van der Waals surface area contributed by atoms with Crippen LogP contribution in [0.3, 0.4) is 0 Å². The average molecular weight is 338 g/mol. The molecule has 6 heteroatoms. The first-order valence-electron chi connectivity index (χ1n) is 8.57. The van der Waals surface area contributed by atoms with Crippen LogP contribution in [0.4, 0.5) is 4.39 Å². The van der Waals surface area contributed by atoms with Crippen LogP contribution < -0.4 is 5.32 Å². The Morgan fingerprint density at radius 2 is 2.00 bits per heavy atom. The summed E-state index contributed by atoms with van der Waals surface area (Å²) in [4.78, 5) is 13.2. The van der Waals surface area contributed by atoms with Crippen molar-refractivity contribution in [2.45, 2.75) is 50.5 Å². The monoisotopic (exact) mass is 338 g/mol. The smallest absolute Gasteiger partial charge is 0.219 e. The molecule has 0 aromatic heterocycles. The Kier molecular flexibility index (Phi) is 7.15. The topological polar surface area (TPSA) is 72.8 Å². The molecule has 1 aromatic rings. The van der Waals surface area contributed by atoms with Crippen molar-refractivity contribution in [3.63, 3.8) is 0 Å². The third-order valence-electron chi connectivity index (χ3n) is 4.68. The van der Waals surface area contributed by atoms with E-state index in [1.165, 1.54) is 5.56 Å². The van der Waals surface area contributed by atoms with Crippen LogP contribution >= 0.6 is 0 Å². The molecule has 1 aliphatic rings. The standard InChI is InChI=1S/C18H27FN2O3/c1-2-16(23)20-11-14-17(19)18(24)15(12-22)21(14)10-6-9-13-7-4-3-5-8-13/h3-5,7-8,14-15,17-18,22,24H,2,6,9-12H2,1H3,(H,20,23)/t14-,15-,17-,18-/m1/s1. The number of aryl methyl sites for hydroxylation is 1. The van der Waals surface area contributed by atoms with E-state index in [4.69, 9.17) is 0 Å². The number of aliphatic hydroxyl groups excluding tert-OH is 2. The highest BCUT2D eigenvalue weighted by atomic mass is 19.1. The molecule has 2 rings (SSSR count). The van der Waals surface area contributed by atoms with Crippen molar-refractivity contribution in [2.24, 2.45) is 0 Å². The summed E-state index contributed by atoms with van der Waals surface area (Å²) in [6, 6.07) is 8.77. The van der Waals surface area contributed by atoms with Crippen LogP contribution in [0.25, 0.3) is 0 Å². The third-order valence-corrected chi connectivity index (χ3v) is 4.68. The Balaban J connectivity index is 1.96. The van der Waals surface area contributed by atoms with E-state index in [1.807, 2.05) is 30.3 Å². The number of benzene rings is 1. The van der Waals surface area contributed by atoms with Crippen LogP contribution in [0.5, 0.6) is 0 Å². The summed E-state index contributed by atoms with van der Waals surface area (Å²) in [7, 11) is 0. The summed E-state index contributed by atoms with van der Waals surface area (Å²) in [5, 5.41) is 22.3. The Labute approximate surface area is 142 Å². The number of halogens is 1. The van der Waals surface area contributed by atoms with E-state index >= 15 is 0 Å². The van der Waals surface area contributed by atoms with Crippen molar-refractivity contribution in [1.82, 2.24) is 10.2 Å². The van der Waals surface area contributed by atoms with Crippen molar-refractivity contribution in [1.29, 1.82) is 0 Å². The van der Waals surface area contributed by atoms with Gasteiger partial charge in [-0.2, -0.15) is 0 Å². The van der Waals surface area contributed by atoms with Gasteiger partial charge in [-0.25, -0.2) is 4.39 Å². The second-order valence-corrected chi connectivity index (χ2v) is 6.24. The molecule has 0 spiro atoms. The normalized spacial score (nSPS) is 27.3. The van der Waals surface area contributed by atoms with Crippen molar-refractivity contribution in [3.8, 4) is 0 Å². The molecule has 0 unspecified atom stereocenters. The van der Waals surface area contributed by atoms with E-state index in [0.717, 1.165) is 12.8 Å². The van der Waals surface area contributed by atoms with E-state index in [0.29, 0.717) is 13.0 Å². The number of alkyl halides is 1. The van der Waals surface area contributed by atoms with Gasteiger partial charge in [0, 0.05) is 13.0 Å². The lowest BCUT2D eigenvalue weighted by atomic mass is 10.1. The Bertz CT molecular complexity index is 514. The SMILES string of the molecule is CCC(=O)NC[C@@H]1[C@@H](F)[C@H](O)[C@@H](CO)N1CCCc1ccccc1. The molecule has 1 aromatic carbocycles. The maximum atomic E-state index is 14.4. The van der Waals surface area contributed by atoms with Crippen molar-refractivity contribution in [2.75, 3.05) is 19.7 Å². The first-order valence-corrected chi connectivity index (χ1v) is 8.57. The molecule has 1 amide bonds. The van der Waals surface area contributed by atoms with Crippen LogP contribution in [0, 0.1) is 0 Å². The quantitative estimate of drug-likeness (QED) is 0.658. The first-order chi connectivity index (χ1) is 11.6. The molecule has 134 valence electrons. The van der Waals surface area contributed by atoms with E-state index in [2.05, 4.69) is 5.32 Å². The average Bonchev–Trinajstić information content (AvgIpc) is 2.84. The summed E-state index contributed by atoms with van der Waals surface area (Å²) >= 11 is 0. The van der Waals surface area contributed by atoms with E-state index in [-0.39, 0.29) is 19.1 Å². The van der Waals surface area contributed by atoms with Crippen LogP contribution in [0.15, 0.2) is 30.3 Å². The van der Waals surface area contributed by atoms with E-state index < -0.39 is 24.4 Å². The van der Waals surface area contributed by atoms with Gasteiger partial charge in [-0.15, -0.1) is 0 Å². The number of likely N-dealkylation sites (tertiary alicyclic amines) is 1. The molecule has 1 heterocycles. The fourth-order valence-corrected chi connectivity index (χ4v) is 3.29. The Morgan fingerprint density at radius 3 is 2.62 bits per heavy atom. The van der Waals surface area contributed by atoms with Gasteiger partial charge in [-0.1, -0.05) is 37.3 Å². The molecule has 24 heavy (non-hydrogen) atoms. The highest BCUT2D eigenvalue weighted by Crippen LogP contribution is 2.27. The molecule has 0 radical (unpaired) electrons. The van der Waals surface area contributed by atoms with E-state index in [1.54, 1.807) is 11.8 Å². The zero-order chi connectivity index (χ0) is 17.5. The van der Waals surface area contributed by atoms with Gasteiger partial charge < -0.3 is 15.5 Å². The summed E-state index contributed by atoms with van der Waals surface area (Å²) in [6.45, 7) is 2.14. The molecule has 5 nitrogen and oxygen atoms in total. The molecule has 4 atom stereocenters. The van der Waals surface area contributed by atoms with Crippen LogP contribution in [-0.2, 0) is 11.2 Å². The highest BCUT2D eigenvalue weighted by Gasteiger charge is 2.47. The Hall–Kier alpha value is -1.50. The van der Waals surface area contributed by atoms with E-state index in [9.17, 15) is 19.4 Å². The van der Waals surface area contributed by atoms with Gasteiger partial charge in [0.2, 0.25) is 5.91 Å². The second-order valence-electron chi connectivity index (χ2n) is 6.24. The zero-order valence-corrected chi connectivity index (χ0v) is 14.1. The van der Waals surface area contributed by atoms with Gasteiger partial charge in [0.15, 0.2) is 0 Å². The van der Waals surface area contributed by atoms with Gasteiger partial charge in [-0.3, -0.25) is 9.69 Å². The molecule has 1 aliphatic heterocycles. The molecule has 3 N–H and O–H groups in total. The number of rotatable bonds is 8. The van der Waals surface area contributed by atoms with Crippen LogP contribution in [0.2, 0.25) is 0 Å². The Morgan fingerprint density at radius 1 is 1.29 bits per heavy atom. The maximum Gasteiger partial charge on any atom is 0.219 e. The lowest BCUT2D eigenvalue weighted by Gasteiger charge is -2.29. The number of nitrogens with zero attached hydrogens (tertiary/aromatic N) is 1. The largest absolute Gasteiger partial charge is 0.395 e. The third kappa shape index (κ3) is 4.53. The van der Waals surface area contributed by atoms with Crippen molar-refractivity contribution < 1.29 is 19.4 Å². The lowest BCUT2D eigenvalue weighted by Crippen LogP contribution is -2.47. The fourth-order valence-electron chi connectivity index (χ4n) is 3.29. The van der Waals surface area contributed by atoms with Crippen LogP contribution in [-0.4, -0.2) is 65.1 Å². The number of hydrogen-bond donors (Lipinski definition) is 3. The van der Waals surface area contributed by atoms with Crippen LogP contribution in [0.1, 0.15) is 25.3 Å². The predicted molar refractivity (Wildman–Crippen MR) is 90.3 cm³/mol. The lowest BCUT2D eigenvalue weighted by molar-refractivity contribution is -0.121. The van der Waals surface area contributed by atoms with Crippen molar-refractivity contribution >= 4 is 5.91 Å². The second kappa shape index (κ2) is 9.11. The summed E-state index contributed by atoms with van der Waals surface area (Å²) in [5.74, 6) is -0.145. The zero-order valence-electron chi connectivity index (χ0n) is 14.1. The number of amides is 1. The molecule has 1 saturated heterocycles. The number of carbonyl (C=O) groups excluding carboxylic acids is 1. The number of aliphatic hydroxyl groups is 2. The van der Waals surface area contributed by atoms with Gasteiger partial charge in [0.05, 0.1) is 18.7 Å². The number of hydrogen-bond acceptors (Lipinski definition) is 4. The minimum absolute atomic E-state index is 0.145. The summed E-state index contributed by atoms with van der Waals surface area (Å²) in [6.07, 6.45) is -0.732. The summed E-state index contributed by atoms with van der Waals surface area (Å²) < 4.78 is 14.4. The molecular formula is C18H27FN2O3. The maximum absolute atomic E-state index is 14.4. The highest BCUT2D eigenvalue weighted by molar-refractivity contribution is 5.75. The molecular weight excluding hydrogens is 311 g/mol. The first kappa shape index (κ1) is 18.8. The van der Waals surface area contributed by atoms with Gasteiger partial charge >= 0.3 is 0 Å². The number of nitrogens with one attached hydrogen (secondary N) is 1. The van der Waals surface area contributed by atoms with Crippen molar-refractivity contribution in [3.05, 3.63) is 35.9 Å². The minimum Gasteiger partial charge on any atom is -0.395 e. The summed E-state index contributed by atoms with van der Waals surface area (Å²) in [5.41, 5.74) is 1.20. The fraction of sp³-hybridized carbons (Fsp3) is 0.611. The predicted octanol–water partition coefficient (Wildman–Crippen LogP) is 0.889. The van der Waals surface area contributed by atoms with Gasteiger partial charge in [-0.05, 0) is 24.9 Å². The van der Waals surface area contributed by atoms with Gasteiger partial charge in [0.1, 0.15) is 12.3 Å². The van der Waals surface area contributed by atoms with Gasteiger partial charge in [0.25, 0.3) is 0 Å². The molecule has 0 saturated carbocycles.